The second-order valence-corrected chi connectivity index (χ2v) is 7.85. The molecule has 2 N–H and O–H groups in total. The molecule has 2 aliphatic rings. The molecule has 2 aromatic rings. The number of pyridine rings is 1. The number of aliphatic hydroxyl groups is 1. The summed E-state index contributed by atoms with van der Waals surface area (Å²) in [5, 5.41) is 12.9. The second-order valence-electron chi connectivity index (χ2n) is 7.85. The summed E-state index contributed by atoms with van der Waals surface area (Å²) in [5.41, 5.74) is 3.92. The van der Waals surface area contributed by atoms with E-state index in [4.69, 9.17) is 0 Å². The molecular formula is C22H27N3O2. The summed E-state index contributed by atoms with van der Waals surface area (Å²) in [5.74, 6) is 0.458. The van der Waals surface area contributed by atoms with E-state index >= 15 is 0 Å². The number of carbonyl (C=O) groups excluding carboxylic acids is 1. The van der Waals surface area contributed by atoms with Crippen LogP contribution in [0.3, 0.4) is 0 Å². The summed E-state index contributed by atoms with van der Waals surface area (Å²) in [4.78, 5) is 19.0. The summed E-state index contributed by atoms with van der Waals surface area (Å²) in [7, 11) is 0. The van der Waals surface area contributed by atoms with Crippen LogP contribution in [0.1, 0.15) is 36.0 Å². The number of hydrogen-bond donors (Lipinski definition) is 2. The van der Waals surface area contributed by atoms with Crippen LogP contribution >= 0.6 is 0 Å². The highest BCUT2D eigenvalue weighted by Crippen LogP contribution is 2.31. The lowest BCUT2D eigenvalue weighted by atomic mass is 9.75. The lowest BCUT2D eigenvalue weighted by Crippen LogP contribution is -2.48. The number of fused-ring (bicyclic) bond motifs is 1. The number of aromatic nitrogens is 1. The summed E-state index contributed by atoms with van der Waals surface area (Å²) in [6, 6.07) is 12.6. The van der Waals surface area contributed by atoms with E-state index in [1.54, 1.807) is 12.4 Å². The van der Waals surface area contributed by atoms with Gasteiger partial charge in [0.2, 0.25) is 5.91 Å². The Balaban J connectivity index is 1.29. The molecule has 1 aliphatic carbocycles. The number of carbonyl (C=O) groups is 1. The normalized spacial score (nSPS) is 22.7. The van der Waals surface area contributed by atoms with Crippen LogP contribution in [-0.2, 0) is 24.3 Å². The van der Waals surface area contributed by atoms with Crippen LogP contribution in [0.5, 0.6) is 0 Å². The van der Waals surface area contributed by atoms with Crippen molar-refractivity contribution in [3.8, 4) is 0 Å². The Kier molecular flexibility index (Phi) is 5.50. The maximum absolute atomic E-state index is 12.6. The quantitative estimate of drug-likeness (QED) is 0.790. The standard InChI is InChI=1S/C22H27N3O2/c26-20-12-19(13-20)21(11-16-5-8-23-9-6-16)24-22(27)7-10-25-14-17-3-1-2-4-18(17)15-25/h1-6,8-9,19-21,26H,7,10-15H2,(H,24,27). The molecule has 1 fully saturated rings. The zero-order valence-corrected chi connectivity index (χ0v) is 15.6. The van der Waals surface area contributed by atoms with Crippen LogP contribution in [0, 0.1) is 5.92 Å². The van der Waals surface area contributed by atoms with E-state index in [0.29, 0.717) is 12.3 Å². The van der Waals surface area contributed by atoms with Crippen molar-refractivity contribution in [3.05, 3.63) is 65.5 Å². The van der Waals surface area contributed by atoms with Gasteiger partial charge in [0.05, 0.1) is 6.10 Å². The van der Waals surface area contributed by atoms with Crippen LogP contribution in [0.4, 0.5) is 0 Å². The minimum absolute atomic E-state index is 0.0825. The molecule has 1 aromatic heterocycles. The van der Waals surface area contributed by atoms with E-state index in [1.807, 2.05) is 12.1 Å². The predicted octanol–water partition coefficient (Wildman–Crippen LogP) is 2.29. The highest BCUT2D eigenvalue weighted by atomic mass is 16.3. The maximum atomic E-state index is 12.6. The number of amides is 1. The topological polar surface area (TPSA) is 65.5 Å². The number of nitrogens with zero attached hydrogens (tertiary/aromatic N) is 2. The molecule has 4 rings (SSSR count). The molecule has 2 heterocycles. The molecule has 1 aliphatic heterocycles. The van der Waals surface area contributed by atoms with E-state index in [-0.39, 0.29) is 18.1 Å². The molecule has 1 aromatic carbocycles. The van der Waals surface area contributed by atoms with Crippen molar-refractivity contribution in [3.63, 3.8) is 0 Å². The Morgan fingerprint density at radius 2 is 1.81 bits per heavy atom. The van der Waals surface area contributed by atoms with Crippen LogP contribution < -0.4 is 5.32 Å². The molecule has 142 valence electrons. The van der Waals surface area contributed by atoms with Crippen LogP contribution in [0.15, 0.2) is 48.8 Å². The summed E-state index contributed by atoms with van der Waals surface area (Å²) < 4.78 is 0. The maximum Gasteiger partial charge on any atom is 0.221 e. The fourth-order valence-electron chi connectivity index (χ4n) is 4.17. The van der Waals surface area contributed by atoms with Crippen molar-refractivity contribution in [2.75, 3.05) is 6.54 Å². The van der Waals surface area contributed by atoms with Crippen LogP contribution in [0.25, 0.3) is 0 Å². The van der Waals surface area contributed by atoms with Gasteiger partial charge in [-0.25, -0.2) is 0 Å². The Bertz CT molecular complexity index is 749. The largest absolute Gasteiger partial charge is 0.393 e. The van der Waals surface area contributed by atoms with Crippen molar-refractivity contribution in [2.45, 2.75) is 50.9 Å². The summed E-state index contributed by atoms with van der Waals surface area (Å²) >= 11 is 0. The first-order valence-corrected chi connectivity index (χ1v) is 9.83. The molecule has 0 bridgehead atoms. The molecule has 1 amide bonds. The minimum Gasteiger partial charge on any atom is -0.393 e. The zero-order chi connectivity index (χ0) is 18.6. The van der Waals surface area contributed by atoms with E-state index in [9.17, 15) is 9.90 Å². The average molecular weight is 365 g/mol. The third-order valence-electron chi connectivity index (χ3n) is 5.83. The SMILES string of the molecule is O=C(CCN1Cc2ccccc2C1)NC(Cc1ccncc1)C1CC(O)C1. The van der Waals surface area contributed by atoms with Gasteiger partial charge in [-0.1, -0.05) is 24.3 Å². The van der Waals surface area contributed by atoms with Crippen LogP contribution in [-0.4, -0.2) is 39.6 Å². The first-order chi connectivity index (χ1) is 13.2. The molecule has 1 saturated carbocycles. The van der Waals surface area contributed by atoms with Gasteiger partial charge >= 0.3 is 0 Å². The van der Waals surface area contributed by atoms with E-state index in [1.165, 1.54) is 16.7 Å². The average Bonchev–Trinajstić information content (AvgIpc) is 3.07. The third-order valence-corrected chi connectivity index (χ3v) is 5.83. The van der Waals surface area contributed by atoms with Gasteiger partial charge in [0.1, 0.15) is 0 Å². The number of nitrogens with one attached hydrogen (secondary N) is 1. The van der Waals surface area contributed by atoms with Crippen LogP contribution in [0.2, 0.25) is 0 Å². The van der Waals surface area contributed by atoms with E-state index < -0.39 is 0 Å². The Morgan fingerprint density at radius 1 is 1.15 bits per heavy atom. The van der Waals surface area contributed by atoms with Gasteiger partial charge < -0.3 is 10.4 Å². The number of hydrogen-bond acceptors (Lipinski definition) is 4. The Morgan fingerprint density at radius 3 is 2.44 bits per heavy atom. The van der Waals surface area contributed by atoms with Gasteiger partial charge in [0, 0.05) is 44.5 Å². The molecule has 0 radical (unpaired) electrons. The van der Waals surface area contributed by atoms with Gasteiger partial charge in [-0.2, -0.15) is 0 Å². The molecule has 1 atom stereocenters. The first kappa shape index (κ1) is 18.1. The third kappa shape index (κ3) is 4.54. The molecule has 1 unspecified atom stereocenters. The molecule has 5 heteroatoms. The second kappa shape index (κ2) is 8.19. The van der Waals surface area contributed by atoms with Crippen molar-refractivity contribution >= 4 is 5.91 Å². The van der Waals surface area contributed by atoms with Crippen molar-refractivity contribution < 1.29 is 9.90 Å². The minimum atomic E-state index is -0.213. The summed E-state index contributed by atoms with van der Waals surface area (Å²) in [6.07, 6.45) is 6.21. The van der Waals surface area contributed by atoms with Crippen molar-refractivity contribution in [1.82, 2.24) is 15.2 Å². The lowest BCUT2D eigenvalue weighted by molar-refractivity contribution is -0.123. The smallest absolute Gasteiger partial charge is 0.221 e. The fourth-order valence-corrected chi connectivity index (χ4v) is 4.17. The lowest BCUT2D eigenvalue weighted by Gasteiger charge is -2.38. The van der Waals surface area contributed by atoms with Gasteiger partial charge in [0.25, 0.3) is 0 Å². The van der Waals surface area contributed by atoms with Crippen molar-refractivity contribution in [1.29, 1.82) is 0 Å². The Labute approximate surface area is 160 Å². The van der Waals surface area contributed by atoms with Gasteiger partial charge in [-0.15, -0.1) is 0 Å². The predicted molar refractivity (Wildman–Crippen MR) is 104 cm³/mol. The number of aliphatic hydroxyl groups excluding tert-OH is 1. The molecule has 0 spiro atoms. The molecular weight excluding hydrogens is 338 g/mol. The highest BCUT2D eigenvalue weighted by molar-refractivity contribution is 5.76. The summed E-state index contributed by atoms with van der Waals surface area (Å²) in [6.45, 7) is 2.63. The van der Waals surface area contributed by atoms with Crippen molar-refractivity contribution in [2.24, 2.45) is 5.92 Å². The number of rotatable bonds is 7. The highest BCUT2D eigenvalue weighted by Gasteiger charge is 2.34. The molecule has 0 saturated heterocycles. The fraction of sp³-hybridized carbons (Fsp3) is 0.455. The molecule has 5 nitrogen and oxygen atoms in total. The monoisotopic (exact) mass is 365 g/mol. The van der Waals surface area contributed by atoms with E-state index in [0.717, 1.165) is 38.9 Å². The van der Waals surface area contributed by atoms with Gasteiger partial charge in [-0.3, -0.25) is 14.7 Å². The van der Waals surface area contributed by atoms with Gasteiger partial charge in [0.15, 0.2) is 0 Å². The van der Waals surface area contributed by atoms with Gasteiger partial charge in [-0.05, 0) is 54.0 Å². The Hall–Kier alpha value is -2.24. The zero-order valence-electron chi connectivity index (χ0n) is 15.6. The first-order valence-electron chi connectivity index (χ1n) is 9.83. The molecule has 27 heavy (non-hydrogen) atoms. The van der Waals surface area contributed by atoms with E-state index in [2.05, 4.69) is 39.5 Å². The number of benzene rings is 1.